The van der Waals surface area contributed by atoms with Gasteiger partial charge in [-0.1, -0.05) is 0 Å². The zero-order valence-corrected chi connectivity index (χ0v) is 16.7. The van der Waals surface area contributed by atoms with Gasteiger partial charge in [0.25, 0.3) is 0 Å². The van der Waals surface area contributed by atoms with Crippen LogP contribution in [0.1, 0.15) is 11.3 Å². The van der Waals surface area contributed by atoms with Crippen molar-refractivity contribution in [3.05, 3.63) is 41.6 Å². The molecule has 0 saturated carbocycles. The Balaban J connectivity index is 1.59. The summed E-state index contributed by atoms with van der Waals surface area (Å²) in [4.78, 5) is 7.14. The summed E-state index contributed by atoms with van der Waals surface area (Å²) < 4.78 is 12.6. The number of methoxy groups -OCH3 is 1. The number of aryl methyl sites for hydroxylation is 2. The molecule has 0 unspecified atom stereocenters. The normalized spacial score (nSPS) is 15.1. The van der Waals surface area contributed by atoms with Crippen LogP contribution >= 0.6 is 0 Å². The van der Waals surface area contributed by atoms with E-state index in [-0.39, 0.29) is 0 Å². The summed E-state index contributed by atoms with van der Waals surface area (Å²) in [5.74, 6) is 1.81. The van der Waals surface area contributed by atoms with E-state index in [1.54, 1.807) is 7.11 Å². The molecule has 0 radical (unpaired) electrons. The van der Waals surface area contributed by atoms with Crippen LogP contribution in [0.4, 0.5) is 5.82 Å². The molecule has 1 aliphatic heterocycles. The maximum absolute atomic E-state index is 5.42. The number of anilines is 1. The van der Waals surface area contributed by atoms with Crippen molar-refractivity contribution in [2.75, 3.05) is 51.8 Å². The highest BCUT2D eigenvalue weighted by atomic mass is 16.5. The Bertz CT molecular complexity index is 946. The van der Waals surface area contributed by atoms with Crippen LogP contribution in [-0.4, -0.2) is 66.0 Å². The second kappa shape index (κ2) is 8.16. The van der Waals surface area contributed by atoms with Crippen LogP contribution in [0.15, 0.2) is 30.3 Å². The SMILES string of the molecule is COc1ccc(-c2nn3c(NCCN4CCOCC4)cc(C)nc3c2C)cc1. The van der Waals surface area contributed by atoms with E-state index < -0.39 is 0 Å². The molecule has 1 fully saturated rings. The molecule has 3 aromatic rings. The van der Waals surface area contributed by atoms with Crippen molar-refractivity contribution in [2.45, 2.75) is 13.8 Å². The van der Waals surface area contributed by atoms with Gasteiger partial charge in [0.1, 0.15) is 11.6 Å². The lowest BCUT2D eigenvalue weighted by molar-refractivity contribution is 0.0398. The van der Waals surface area contributed by atoms with Crippen molar-refractivity contribution in [2.24, 2.45) is 0 Å². The molecule has 4 rings (SSSR count). The molecule has 0 spiro atoms. The van der Waals surface area contributed by atoms with Crippen molar-refractivity contribution >= 4 is 11.5 Å². The van der Waals surface area contributed by atoms with Gasteiger partial charge in [-0.15, -0.1) is 0 Å². The summed E-state index contributed by atoms with van der Waals surface area (Å²) in [7, 11) is 1.67. The quantitative estimate of drug-likeness (QED) is 0.708. The smallest absolute Gasteiger partial charge is 0.161 e. The molecular formula is C21H27N5O2. The lowest BCUT2D eigenvalue weighted by Crippen LogP contribution is -2.39. The molecule has 7 heteroatoms. The number of nitrogens with zero attached hydrogens (tertiary/aromatic N) is 4. The molecule has 0 amide bonds. The minimum absolute atomic E-state index is 0.822. The summed E-state index contributed by atoms with van der Waals surface area (Å²) in [5, 5.41) is 8.41. The second-order valence-corrected chi connectivity index (χ2v) is 7.10. The van der Waals surface area contributed by atoms with Crippen molar-refractivity contribution in [3.63, 3.8) is 0 Å². The van der Waals surface area contributed by atoms with E-state index in [1.165, 1.54) is 0 Å². The van der Waals surface area contributed by atoms with Gasteiger partial charge in [0, 0.05) is 49.1 Å². The minimum atomic E-state index is 0.822. The number of rotatable bonds is 6. The first-order valence-electron chi connectivity index (χ1n) is 9.71. The van der Waals surface area contributed by atoms with E-state index in [0.717, 1.165) is 79.1 Å². The zero-order valence-electron chi connectivity index (χ0n) is 16.7. The largest absolute Gasteiger partial charge is 0.497 e. The lowest BCUT2D eigenvalue weighted by atomic mass is 10.1. The van der Waals surface area contributed by atoms with Crippen molar-refractivity contribution in [3.8, 4) is 17.0 Å². The standard InChI is InChI=1S/C21H27N5O2/c1-15-14-19(22-8-9-25-10-12-28-13-11-25)26-21(23-15)16(2)20(24-26)17-4-6-18(27-3)7-5-17/h4-7,14,22H,8-13H2,1-3H3. The highest BCUT2D eigenvalue weighted by Gasteiger charge is 2.16. The lowest BCUT2D eigenvalue weighted by Gasteiger charge is -2.26. The van der Waals surface area contributed by atoms with E-state index in [4.69, 9.17) is 19.6 Å². The van der Waals surface area contributed by atoms with Gasteiger partial charge in [-0.05, 0) is 38.1 Å². The Morgan fingerprint density at radius 2 is 1.89 bits per heavy atom. The van der Waals surface area contributed by atoms with Crippen LogP contribution in [0.3, 0.4) is 0 Å². The molecule has 1 aliphatic rings. The van der Waals surface area contributed by atoms with Crippen LogP contribution in [0.5, 0.6) is 5.75 Å². The summed E-state index contributed by atoms with van der Waals surface area (Å²) >= 11 is 0. The summed E-state index contributed by atoms with van der Waals surface area (Å²) in [6, 6.07) is 10.0. The molecule has 148 valence electrons. The van der Waals surface area contributed by atoms with Crippen molar-refractivity contribution in [1.82, 2.24) is 19.5 Å². The molecular weight excluding hydrogens is 354 g/mol. The van der Waals surface area contributed by atoms with Gasteiger partial charge in [-0.25, -0.2) is 4.98 Å². The highest BCUT2D eigenvalue weighted by Crippen LogP contribution is 2.28. The first-order chi connectivity index (χ1) is 13.7. The Kier molecular flexibility index (Phi) is 5.45. The van der Waals surface area contributed by atoms with Crippen LogP contribution in [0, 0.1) is 13.8 Å². The second-order valence-electron chi connectivity index (χ2n) is 7.10. The molecule has 0 atom stereocenters. The molecule has 28 heavy (non-hydrogen) atoms. The number of fused-ring (bicyclic) bond motifs is 1. The van der Waals surface area contributed by atoms with Gasteiger partial charge in [0.2, 0.25) is 0 Å². The number of morpholine rings is 1. The number of hydrogen-bond donors (Lipinski definition) is 1. The molecule has 1 N–H and O–H groups in total. The third-order valence-corrected chi connectivity index (χ3v) is 5.15. The first kappa shape index (κ1) is 18.7. The van der Waals surface area contributed by atoms with E-state index >= 15 is 0 Å². The van der Waals surface area contributed by atoms with Gasteiger partial charge in [0.05, 0.1) is 26.0 Å². The topological polar surface area (TPSA) is 63.9 Å². The van der Waals surface area contributed by atoms with Gasteiger partial charge in [-0.2, -0.15) is 9.61 Å². The maximum atomic E-state index is 5.42. The van der Waals surface area contributed by atoms with Gasteiger partial charge < -0.3 is 14.8 Å². The minimum Gasteiger partial charge on any atom is -0.497 e. The number of hydrogen-bond acceptors (Lipinski definition) is 6. The summed E-state index contributed by atoms with van der Waals surface area (Å²) in [6.45, 7) is 9.57. The number of aromatic nitrogens is 3. The van der Waals surface area contributed by atoms with Crippen molar-refractivity contribution in [1.29, 1.82) is 0 Å². The van der Waals surface area contributed by atoms with Gasteiger partial charge in [0.15, 0.2) is 5.65 Å². The van der Waals surface area contributed by atoms with Gasteiger partial charge >= 0.3 is 0 Å². The van der Waals surface area contributed by atoms with Crippen LogP contribution in [-0.2, 0) is 4.74 Å². The van der Waals surface area contributed by atoms with Gasteiger partial charge in [-0.3, -0.25) is 4.90 Å². The Morgan fingerprint density at radius 3 is 2.61 bits per heavy atom. The van der Waals surface area contributed by atoms with Crippen LogP contribution in [0.2, 0.25) is 0 Å². The van der Waals surface area contributed by atoms with Crippen LogP contribution < -0.4 is 10.1 Å². The monoisotopic (exact) mass is 381 g/mol. The highest BCUT2D eigenvalue weighted by molar-refractivity contribution is 5.72. The average molecular weight is 381 g/mol. The Hall–Kier alpha value is -2.64. The third kappa shape index (κ3) is 3.81. The first-order valence-corrected chi connectivity index (χ1v) is 9.71. The molecule has 1 aromatic carbocycles. The predicted octanol–water partition coefficient (Wildman–Crippen LogP) is 2.77. The number of nitrogens with one attached hydrogen (secondary N) is 1. The fourth-order valence-electron chi connectivity index (χ4n) is 3.56. The number of ether oxygens (including phenoxy) is 2. The molecule has 2 aromatic heterocycles. The van der Waals surface area contributed by atoms with E-state index in [9.17, 15) is 0 Å². The third-order valence-electron chi connectivity index (χ3n) is 5.15. The van der Waals surface area contributed by atoms with E-state index in [1.807, 2.05) is 35.7 Å². The average Bonchev–Trinajstić information content (AvgIpc) is 3.05. The Morgan fingerprint density at radius 1 is 1.14 bits per heavy atom. The van der Waals surface area contributed by atoms with Crippen LogP contribution in [0.25, 0.3) is 16.9 Å². The summed E-state index contributed by atoms with van der Waals surface area (Å²) in [6.07, 6.45) is 0. The molecule has 7 nitrogen and oxygen atoms in total. The summed E-state index contributed by atoms with van der Waals surface area (Å²) in [5.41, 5.74) is 4.94. The van der Waals surface area contributed by atoms with E-state index in [0.29, 0.717) is 0 Å². The Labute approximate surface area is 165 Å². The molecule has 3 heterocycles. The number of benzene rings is 1. The molecule has 0 bridgehead atoms. The van der Waals surface area contributed by atoms with Crippen molar-refractivity contribution < 1.29 is 9.47 Å². The predicted molar refractivity (Wildman–Crippen MR) is 110 cm³/mol. The molecule has 1 saturated heterocycles. The maximum Gasteiger partial charge on any atom is 0.161 e. The van der Waals surface area contributed by atoms with E-state index in [2.05, 4.69) is 23.2 Å². The molecule has 0 aliphatic carbocycles. The fourth-order valence-corrected chi connectivity index (χ4v) is 3.56. The fraction of sp³-hybridized carbons (Fsp3) is 0.429. The zero-order chi connectivity index (χ0) is 19.5.